The molecule has 24 heavy (non-hydrogen) atoms. The van der Waals surface area contributed by atoms with Crippen molar-refractivity contribution >= 4 is 17.3 Å². The Balaban J connectivity index is 1.92. The molecule has 1 saturated carbocycles. The summed E-state index contributed by atoms with van der Waals surface area (Å²) >= 11 is 0. The van der Waals surface area contributed by atoms with Crippen LogP contribution < -0.4 is 16.4 Å². The Morgan fingerprint density at radius 2 is 2.12 bits per heavy atom. The van der Waals surface area contributed by atoms with E-state index in [2.05, 4.69) is 29.2 Å². The Kier molecular flexibility index (Phi) is 5.04. The van der Waals surface area contributed by atoms with Crippen LogP contribution in [-0.4, -0.2) is 33.2 Å². The molecule has 6 heteroatoms. The van der Waals surface area contributed by atoms with Gasteiger partial charge >= 0.3 is 0 Å². The minimum atomic E-state index is 0.353. The third-order valence-electron chi connectivity index (χ3n) is 4.66. The number of fused-ring (bicyclic) bond motifs is 1. The van der Waals surface area contributed by atoms with Crippen molar-refractivity contribution < 1.29 is 0 Å². The van der Waals surface area contributed by atoms with Crippen LogP contribution in [0.1, 0.15) is 45.1 Å². The molecule has 6 nitrogen and oxygen atoms in total. The summed E-state index contributed by atoms with van der Waals surface area (Å²) in [5, 5.41) is 11.6. The van der Waals surface area contributed by atoms with E-state index >= 15 is 0 Å². The Morgan fingerprint density at radius 3 is 2.79 bits per heavy atom. The van der Waals surface area contributed by atoms with Crippen LogP contribution in [0.3, 0.4) is 0 Å². The van der Waals surface area contributed by atoms with E-state index in [1.54, 1.807) is 6.20 Å². The fourth-order valence-electron chi connectivity index (χ4n) is 3.30. The molecule has 1 aliphatic rings. The van der Waals surface area contributed by atoms with Crippen molar-refractivity contribution in [2.45, 2.75) is 58.0 Å². The average Bonchev–Trinajstić information content (AvgIpc) is 3.02. The van der Waals surface area contributed by atoms with Gasteiger partial charge in [0, 0.05) is 30.3 Å². The summed E-state index contributed by atoms with van der Waals surface area (Å²) in [6.07, 6.45) is 7.03. The number of anilines is 2. The zero-order valence-corrected chi connectivity index (χ0v) is 14.7. The quantitative estimate of drug-likeness (QED) is 0.710. The predicted molar refractivity (Wildman–Crippen MR) is 99.5 cm³/mol. The third-order valence-corrected chi connectivity index (χ3v) is 4.66. The van der Waals surface area contributed by atoms with Crippen LogP contribution in [-0.2, 0) is 6.42 Å². The lowest BCUT2D eigenvalue weighted by molar-refractivity contribution is 0.410. The summed E-state index contributed by atoms with van der Waals surface area (Å²) in [6.45, 7) is 8.88. The molecule has 130 valence electrons. The van der Waals surface area contributed by atoms with E-state index in [0.29, 0.717) is 12.1 Å². The maximum atomic E-state index is 6.03. The zero-order valence-electron chi connectivity index (χ0n) is 14.7. The van der Waals surface area contributed by atoms with E-state index in [9.17, 15) is 0 Å². The van der Waals surface area contributed by atoms with Gasteiger partial charge in [-0.25, -0.2) is 4.98 Å². The Labute approximate surface area is 143 Å². The van der Waals surface area contributed by atoms with Crippen molar-refractivity contribution in [2.24, 2.45) is 5.73 Å². The number of nitrogens with one attached hydrogen (secondary N) is 2. The van der Waals surface area contributed by atoms with E-state index in [1.165, 1.54) is 5.56 Å². The molecule has 2 aromatic heterocycles. The van der Waals surface area contributed by atoms with E-state index < -0.39 is 0 Å². The summed E-state index contributed by atoms with van der Waals surface area (Å²) in [4.78, 5) is 4.80. The minimum absolute atomic E-state index is 0.353. The Bertz CT molecular complexity index is 712. The van der Waals surface area contributed by atoms with Gasteiger partial charge in [-0.3, -0.25) is 0 Å². The van der Waals surface area contributed by atoms with E-state index in [4.69, 9.17) is 10.7 Å². The standard InChI is InChI=1S/C18H28N6/c1-4-15-17(22-14-7-5-13(19)6-8-14)23-16-9-10-21-24(16)18(15)20-11-12(2)3/h9-10,13-14,20H,2,4-8,11,19H2,1,3H3,(H,22,23). The van der Waals surface area contributed by atoms with Gasteiger partial charge in [0.05, 0.1) is 6.20 Å². The van der Waals surface area contributed by atoms with Gasteiger partial charge in [0.25, 0.3) is 0 Å². The first-order chi connectivity index (χ1) is 11.6. The largest absolute Gasteiger partial charge is 0.367 e. The van der Waals surface area contributed by atoms with E-state index in [0.717, 1.165) is 61.5 Å². The predicted octanol–water partition coefficient (Wildman–Crippen LogP) is 2.96. The highest BCUT2D eigenvalue weighted by Crippen LogP contribution is 2.28. The average molecular weight is 328 g/mol. The van der Waals surface area contributed by atoms with Gasteiger partial charge in [-0.1, -0.05) is 19.1 Å². The van der Waals surface area contributed by atoms with Crippen LogP contribution in [0.25, 0.3) is 5.65 Å². The van der Waals surface area contributed by atoms with Crippen molar-refractivity contribution in [2.75, 3.05) is 17.2 Å². The number of rotatable bonds is 6. The first-order valence-corrected chi connectivity index (χ1v) is 8.85. The van der Waals surface area contributed by atoms with Crippen molar-refractivity contribution in [1.29, 1.82) is 0 Å². The minimum Gasteiger partial charge on any atom is -0.367 e. The van der Waals surface area contributed by atoms with Crippen LogP contribution in [0.5, 0.6) is 0 Å². The van der Waals surface area contributed by atoms with Gasteiger partial charge in [0.15, 0.2) is 5.65 Å². The van der Waals surface area contributed by atoms with Crippen LogP contribution in [0.4, 0.5) is 11.6 Å². The van der Waals surface area contributed by atoms with Crippen molar-refractivity contribution in [3.8, 4) is 0 Å². The second-order valence-electron chi connectivity index (χ2n) is 6.81. The van der Waals surface area contributed by atoms with Gasteiger partial charge in [0.2, 0.25) is 0 Å². The first kappa shape index (κ1) is 16.8. The molecule has 0 amide bonds. The molecule has 0 unspecified atom stereocenters. The molecule has 0 atom stereocenters. The summed E-state index contributed by atoms with van der Waals surface area (Å²) < 4.78 is 1.88. The smallest absolute Gasteiger partial charge is 0.159 e. The zero-order chi connectivity index (χ0) is 17.1. The van der Waals surface area contributed by atoms with E-state index in [-0.39, 0.29) is 0 Å². The second kappa shape index (κ2) is 7.21. The molecule has 1 fully saturated rings. The molecule has 2 heterocycles. The second-order valence-corrected chi connectivity index (χ2v) is 6.81. The number of nitrogens with two attached hydrogens (primary N) is 1. The first-order valence-electron chi connectivity index (χ1n) is 8.85. The molecule has 0 radical (unpaired) electrons. The van der Waals surface area contributed by atoms with E-state index in [1.807, 2.05) is 17.5 Å². The van der Waals surface area contributed by atoms with Crippen LogP contribution in [0, 0.1) is 0 Å². The molecule has 4 N–H and O–H groups in total. The lowest BCUT2D eigenvalue weighted by Crippen LogP contribution is -2.33. The van der Waals surface area contributed by atoms with Crippen molar-refractivity contribution in [1.82, 2.24) is 14.6 Å². The normalized spacial score (nSPS) is 21.0. The molecule has 1 aliphatic carbocycles. The summed E-state index contributed by atoms with van der Waals surface area (Å²) in [5.41, 5.74) is 9.14. The number of nitrogens with zero attached hydrogens (tertiary/aromatic N) is 3. The van der Waals surface area contributed by atoms with Crippen molar-refractivity contribution in [3.05, 3.63) is 30.0 Å². The van der Waals surface area contributed by atoms with Gasteiger partial charge < -0.3 is 16.4 Å². The van der Waals surface area contributed by atoms with Crippen LogP contribution in [0.2, 0.25) is 0 Å². The molecule has 0 saturated heterocycles. The molecule has 0 aliphatic heterocycles. The topological polar surface area (TPSA) is 80.3 Å². The summed E-state index contributed by atoms with van der Waals surface area (Å²) in [6, 6.07) is 2.74. The number of hydrogen-bond donors (Lipinski definition) is 3. The van der Waals surface area contributed by atoms with Gasteiger partial charge in [0.1, 0.15) is 11.6 Å². The van der Waals surface area contributed by atoms with Gasteiger partial charge in [-0.15, -0.1) is 0 Å². The SMILES string of the molecule is C=C(C)CNc1c(CC)c(NC2CCC(N)CC2)nc2ccnn12. The highest BCUT2D eigenvalue weighted by Gasteiger charge is 2.21. The fraction of sp³-hybridized carbons (Fsp3) is 0.556. The molecule has 0 spiro atoms. The molecule has 0 bridgehead atoms. The highest BCUT2D eigenvalue weighted by atomic mass is 15.3. The van der Waals surface area contributed by atoms with Crippen LogP contribution >= 0.6 is 0 Å². The molecule has 3 rings (SSSR count). The van der Waals surface area contributed by atoms with Crippen LogP contribution in [0.15, 0.2) is 24.4 Å². The number of aromatic nitrogens is 3. The molecule has 0 aromatic carbocycles. The Hall–Kier alpha value is -2.08. The maximum Gasteiger partial charge on any atom is 0.159 e. The van der Waals surface area contributed by atoms with Gasteiger partial charge in [-0.05, 0) is 39.0 Å². The Morgan fingerprint density at radius 1 is 1.38 bits per heavy atom. The number of hydrogen-bond acceptors (Lipinski definition) is 5. The molecule has 2 aromatic rings. The molecular formula is C18H28N6. The third kappa shape index (κ3) is 3.53. The highest BCUT2D eigenvalue weighted by molar-refractivity contribution is 5.64. The molecular weight excluding hydrogens is 300 g/mol. The maximum absolute atomic E-state index is 6.03. The summed E-state index contributed by atoms with van der Waals surface area (Å²) in [7, 11) is 0. The fourth-order valence-corrected chi connectivity index (χ4v) is 3.30. The lowest BCUT2D eigenvalue weighted by atomic mass is 9.92. The lowest BCUT2D eigenvalue weighted by Gasteiger charge is -2.28. The van der Waals surface area contributed by atoms with Gasteiger partial charge in [-0.2, -0.15) is 9.61 Å². The summed E-state index contributed by atoms with van der Waals surface area (Å²) in [5.74, 6) is 1.97. The van der Waals surface area contributed by atoms with Crippen molar-refractivity contribution in [3.63, 3.8) is 0 Å². The monoisotopic (exact) mass is 328 g/mol.